The number of carbonyl (C=O) groups excluding carboxylic acids is 1. The summed E-state index contributed by atoms with van der Waals surface area (Å²) in [6.45, 7) is 0.0947. The molecule has 1 fully saturated rings. The molecule has 1 aliphatic heterocycles. The topological polar surface area (TPSA) is 177 Å². The average molecular weight is 327 g/mol. The van der Waals surface area contributed by atoms with Crippen LogP contribution in [0, 0.1) is 0 Å². The van der Waals surface area contributed by atoms with E-state index in [1.807, 2.05) is 0 Å². The van der Waals surface area contributed by atoms with Gasteiger partial charge in [-0.05, 0) is 6.92 Å². The number of aliphatic carboxylic acids is 1. The van der Waals surface area contributed by atoms with Gasteiger partial charge in [-0.15, -0.1) is 0 Å². The minimum atomic E-state index is -3.27. The first-order valence-electron chi connectivity index (χ1n) is 6.28. The number of halogens is 1. The number of carbonyl (C=O) groups is 2. The van der Waals surface area contributed by atoms with Crippen molar-refractivity contribution >= 4 is 11.9 Å². The van der Waals surface area contributed by atoms with E-state index in [4.69, 9.17) is 10.2 Å². The van der Waals surface area contributed by atoms with Crippen LogP contribution in [0.25, 0.3) is 0 Å². The highest BCUT2D eigenvalue weighted by Crippen LogP contribution is 2.32. The highest BCUT2D eigenvalue weighted by Gasteiger charge is 2.59. The second-order valence-electron chi connectivity index (χ2n) is 4.95. The number of aliphatic hydroxyl groups is 5. The minimum absolute atomic E-state index is 0.937. The number of carboxylic acid groups (broad SMARTS) is 1. The van der Waals surface area contributed by atoms with Gasteiger partial charge < -0.3 is 40.7 Å². The molecule has 0 aromatic rings. The Morgan fingerprint density at radius 1 is 1.32 bits per heavy atom. The summed E-state index contributed by atoms with van der Waals surface area (Å²) in [4.78, 5) is 22.2. The van der Waals surface area contributed by atoms with E-state index in [9.17, 15) is 34.4 Å². The number of carboxylic acids is 1. The zero-order valence-corrected chi connectivity index (χ0v) is 11.5. The lowest BCUT2D eigenvalue weighted by molar-refractivity contribution is -0.363. The van der Waals surface area contributed by atoms with Crippen molar-refractivity contribution in [1.82, 2.24) is 5.32 Å². The fourth-order valence-electron chi connectivity index (χ4n) is 1.92. The van der Waals surface area contributed by atoms with Crippen LogP contribution in [-0.4, -0.2) is 91.5 Å². The summed E-state index contributed by atoms with van der Waals surface area (Å²) in [5.41, 5.74) is 0. The van der Waals surface area contributed by atoms with Crippen molar-refractivity contribution in [1.29, 1.82) is 0 Å². The number of nitrogens with one attached hydrogen (secondary N) is 1. The van der Waals surface area contributed by atoms with Gasteiger partial charge in [-0.3, -0.25) is 9.59 Å². The quantitative estimate of drug-likeness (QED) is 0.266. The Bertz CT molecular complexity index is 434. The first-order valence-corrected chi connectivity index (χ1v) is 6.28. The van der Waals surface area contributed by atoms with Gasteiger partial charge in [0, 0.05) is 0 Å². The molecule has 1 saturated heterocycles. The van der Waals surface area contributed by atoms with Crippen molar-refractivity contribution in [3.8, 4) is 0 Å². The number of ether oxygens (including phenoxy) is 1. The Morgan fingerprint density at radius 2 is 1.86 bits per heavy atom. The van der Waals surface area contributed by atoms with Gasteiger partial charge in [0.15, 0.2) is 0 Å². The fraction of sp³-hybridized carbons (Fsp3) is 0.818. The molecule has 0 spiro atoms. The van der Waals surface area contributed by atoms with Crippen molar-refractivity contribution in [3.63, 3.8) is 0 Å². The third-order valence-electron chi connectivity index (χ3n) is 3.32. The predicted molar refractivity (Wildman–Crippen MR) is 65.1 cm³/mol. The molecule has 0 saturated carbocycles. The second-order valence-corrected chi connectivity index (χ2v) is 4.95. The molecule has 1 unspecified atom stereocenters. The molecule has 0 aromatic carbocycles. The van der Waals surface area contributed by atoms with Crippen molar-refractivity contribution in [2.75, 3.05) is 6.61 Å². The first-order chi connectivity index (χ1) is 10.1. The zero-order valence-electron chi connectivity index (χ0n) is 11.5. The molecule has 0 radical (unpaired) electrons. The molecule has 10 nitrogen and oxygen atoms in total. The molecule has 22 heavy (non-hydrogen) atoms. The summed E-state index contributed by atoms with van der Waals surface area (Å²) in [5.74, 6) is -6.35. The molecule has 128 valence electrons. The molecular formula is C11H18FNO9. The van der Waals surface area contributed by atoms with Gasteiger partial charge in [0.1, 0.15) is 30.5 Å². The smallest absolute Gasteiger partial charge is 0.325 e. The SMILES string of the molecule is C[C@H](NC(=O)C(F)[C@]1(O)O[C@H](CO)[C@H](O)[C@H](O)[C@H]1O)C(=O)O. The highest BCUT2D eigenvalue weighted by molar-refractivity contribution is 5.86. The van der Waals surface area contributed by atoms with E-state index in [0.717, 1.165) is 6.92 Å². The number of alkyl halides is 1. The van der Waals surface area contributed by atoms with Crippen LogP contribution in [0.1, 0.15) is 6.92 Å². The van der Waals surface area contributed by atoms with Crippen LogP contribution in [0.2, 0.25) is 0 Å². The maximum Gasteiger partial charge on any atom is 0.325 e. The lowest BCUT2D eigenvalue weighted by Crippen LogP contribution is -2.70. The summed E-state index contributed by atoms with van der Waals surface area (Å²) in [6, 6.07) is -1.49. The van der Waals surface area contributed by atoms with Crippen LogP contribution in [-0.2, 0) is 14.3 Å². The van der Waals surface area contributed by atoms with Crippen LogP contribution in [0.3, 0.4) is 0 Å². The van der Waals surface area contributed by atoms with Gasteiger partial charge in [-0.2, -0.15) is 0 Å². The Balaban J connectivity index is 2.95. The zero-order chi connectivity index (χ0) is 17.2. The third kappa shape index (κ3) is 3.34. The second kappa shape index (κ2) is 6.81. The molecule has 0 aromatic heterocycles. The molecule has 1 amide bonds. The van der Waals surface area contributed by atoms with E-state index >= 15 is 0 Å². The largest absolute Gasteiger partial charge is 0.480 e. The van der Waals surface area contributed by atoms with Gasteiger partial charge in [-0.1, -0.05) is 0 Å². The van der Waals surface area contributed by atoms with E-state index in [-0.39, 0.29) is 0 Å². The van der Waals surface area contributed by atoms with Gasteiger partial charge in [0.25, 0.3) is 5.91 Å². The van der Waals surface area contributed by atoms with Crippen molar-refractivity contribution in [2.45, 2.75) is 49.3 Å². The van der Waals surface area contributed by atoms with Gasteiger partial charge in [0.05, 0.1) is 6.61 Å². The Labute approximate surface area is 123 Å². The average Bonchev–Trinajstić information content (AvgIpc) is 2.47. The molecule has 0 aliphatic carbocycles. The van der Waals surface area contributed by atoms with E-state index in [1.54, 1.807) is 5.32 Å². The number of aliphatic hydroxyl groups excluding tert-OH is 4. The predicted octanol–water partition coefficient (Wildman–Crippen LogP) is -3.92. The van der Waals surface area contributed by atoms with Gasteiger partial charge in [-0.25, -0.2) is 4.39 Å². The van der Waals surface area contributed by atoms with E-state index < -0.39 is 60.9 Å². The van der Waals surface area contributed by atoms with Gasteiger partial charge in [0.2, 0.25) is 12.0 Å². The van der Waals surface area contributed by atoms with E-state index in [2.05, 4.69) is 4.74 Å². The lowest BCUT2D eigenvalue weighted by atomic mass is 9.89. The maximum absolute atomic E-state index is 14.1. The molecule has 1 rings (SSSR count). The molecule has 7 atom stereocenters. The Hall–Kier alpha value is -1.37. The number of rotatable bonds is 5. The summed E-state index contributed by atoms with van der Waals surface area (Å²) < 4.78 is 18.7. The molecule has 11 heteroatoms. The van der Waals surface area contributed by atoms with Crippen LogP contribution >= 0.6 is 0 Å². The maximum atomic E-state index is 14.1. The van der Waals surface area contributed by atoms with E-state index in [1.165, 1.54) is 0 Å². The summed E-state index contributed by atoms with van der Waals surface area (Å²) in [6.07, 6.45) is -11.0. The summed E-state index contributed by atoms with van der Waals surface area (Å²) in [7, 11) is 0. The van der Waals surface area contributed by atoms with Crippen LogP contribution in [0.4, 0.5) is 4.39 Å². The molecule has 7 N–H and O–H groups in total. The number of hydrogen-bond acceptors (Lipinski definition) is 8. The van der Waals surface area contributed by atoms with Crippen LogP contribution in [0.5, 0.6) is 0 Å². The van der Waals surface area contributed by atoms with Crippen molar-refractivity contribution in [2.24, 2.45) is 0 Å². The molecule has 1 aliphatic rings. The molecular weight excluding hydrogens is 309 g/mol. The Morgan fingerprint density at radius 3 is 2.32 bits per heavy atom. The Kier molecular flexibility index (Phi) is 5.78. The minimum Gasteiger partial charge on any atom is -0.480 e. The van der Waals surface area contributed by atoms with Crippen LogP contribution < -0.4 is 5.32 Å². The first kappa shape index (κ1) is 18.7. The van der Waals surface area contributed by atoms with E-state index in [0.29, 0.717) is 0 Å². The lowest BCUT2D eigenvalue weighted by Gasteiger charge is -2.46. The van der Waals surface area contributed by atoms with Crippen molar-refractivity contribution < 1.29 is 49.4 Å². The summed E-state index contributed by atoms with van der Waals surface area (Å²) in [5, 5.41) is 57.9. The van der Waals surface area contributed by atoms with Gasteiger partial charge >= 0.3 is 5.97 Å². The highest BCUT2D eigenvalue weighted by atomic mass is 19.1. The number of amides is 1. The summed E-state index contributed by atoms with van der Waals surface area (Å²) >= 11 is 0. The third-order valence-corrected chi connectivity index (χ3v) is 3.32. The van der Waals surface area contributed by atoms with Crippen LogP contribution in [0.15, 0.2) is 0 Å². The van der Waals surface area contributed by atoms with Crippen molar-refractivity contribution in [3.05, 3.63) is 0 Å². The number of hydrogen-bond donors (Lipinski definition) is 7. The molecule has 1 heterocycles. The molecule has 0 bridgehead atoms. The standard InChI is InChI=1S/C11H18FNO9/c1-3(10(19)20)13-9(18)7(12)11(21)8(17)6(16)5(15)4(2-14)22-11/h3-8,14-17,21H,2H2,1H3,(H,13,18)(H,19,20)/t3-,4+,5-,6-,7?,8+,11-/m0/s1. The monoisotopic (exact) mass is 327 g/mol. The normalized spacial score (nSPS) is 38.1. The fourth-order valence-corrected chi connectivity index (χ4v) is 1.92.